The van der Waals surface area contributed by atoms with E-state index in [4.69, 9.17) is 0 Å². The third-order valence-electron chi connectivity index (χ3n) is 6.27. The van der Waals surface area contributed by atoms with Gasteiger partial charge in [-0.2, -0.15) is 0 Å². The maximum Gasteiger partial charge on any atom is 0.319 e. The lowest BCUT2D eigenvalue weighted by Gasteiger charge is -2.31. The second kappa shape index (κ2) is 11.0. The second-order valence-electron chi connectivity index (χ2n) is 9.26. The van der Waals surface area contributed by atoms with Crippen LogP contribution in [0.15, 0.2) is 66.7 Å². The van der Waals surface area contributed by atoms with Gasteiger partial charge in [-0.05, 0) is 61.2 Å². The van der Waals surface area contributed by atoms with Gasteiger partial charge in [0.25, 0.3) is 5.91 Å². The Kier molecular flexibility index (Phi) is 7.65. The normalized spacial score (nSPS) is 14.1. The molecule has 0 bridgehead atoms. The van der Waals surface area contributed by atoms with Gasteiger partial charge in [0.05, 0.1) is 0 Å². The molecule has 3 N–H and O–H groups in total. The Morgan fingerprint density at radius 1 is 0.914 bits per heavy atom. The smallest absolute Gasteiger partial charge is 0.319 e. The molecule has 7 nitrogen and oxygen atoms in total. The van der Waals surface area contributed by atoms with Crippen LogP contribution in [-0.2, 0) is 11.3 Å². The fraction of sp³-hybridized carbons (Fsp3) is 0.321. The Balaban J connectivity index is 1.26. The van der Waals surface area contributed by atoms with Gasteiger partial charge in [0, 0.05) is 42.8 Å². The number of likely N-dealkylation sites (tertiary alicyclic amines) is 1. The Hall–Kier alpha value is -3.87. The second-order valence-corrected chi connectivity index (χ2v) is 9.26. The van der Waals surface area contributed by atoms with E-state index >= 15 is 0 Å². The van der Waals surface area contributed by atoms with E-state index in [1.807, 2.05) is 85.5 Å². The molecule has 0 spiro atoms. The van der Waals surface area contributed by atoms with Crippen molar-refractivity contribution in [3.8, 4) is 0 Å². The van der Waals surface area contributed by atoms with Gasteiger partial charge in [0.15, 0.2) is 0 Å². The Labute approximate surface area is 205 Å². The average molecular weight is 473 g/mol. The molecule has 1 aliphatic rings. The molecule has 35 heavy (non-hydrogen) atoms. The minimum Gasteiger partial charge on any atom is -0.352 e. The number of carbonyl (C=O) groups is 3. The molecule has 1 saturated heterocycles. The molecule has 1 fully saturated rings. The van der Waals surface area contributed by atoms with E-state index in [0.717, 1.165) is 16.3 Å². The van der Waals surface area contributed by atoms with Crippen LogP contribution in [0.1, 0.15) is 42.6 Å². The van der Waals surface area contributed by atoms with Crippen LogP contribution in [0.3, 0.4) is 0 Å². The Morgan fingerprint density at radius 3 is 2.31 bits per heavy atom. The number of carbonyl (C=O) groups excluding carboxylic acids is 3. The molecule has 1 heterocycles. The molecule has 3 aromatic rings. The summed E-state index contributed by atoms with van der Waals surface area (Å²) in [7, 11) is 0. The van der Waals surface area contributed by atoms with Crippen molar-refractivity contribution in [1.82, 2.24) is 15.5 Å². The van der Waals surface area contributed by atoms with Crippen molar-refractivity contribution in [2.24, 2.45) is 5.92 Å². The minimum atomic E-state index is -0.244. The lowest BCUT2D eigenvalue weighted by atomic mass is 9.94. The number of hydrogen-bond donors (Lipinski definition) is 3. The fourth-order valence-corrected chi connectivity index (χ4v) is 4.40. The van der Waals surface area contributed by atoms with Gasteiger partial charge in [-0.25, -0.2) is 4.79 Å². The molecule has 4 amide bonds. The SMILES string of the molecule is CC(C)NC(=O)Nc1ccc(CNC(=O)C2CCN(C(=O)c3cccc4ccccc34)CC2)cc1. The quantitative estimate of drug-likeness (QED) is 0.492. The summed E-state index contributed by atoms with van der Waals surface area (Å²) in [6, 6.07) is 20.9. The van der Waals surface area contributed by atoms with E-state index in [2.05, 4.69) is 16.0 Å². The van der Waals surface area contributed by atoms with Gasteiger partial charge in [0.2, 0.25) is 5.91 Å². The number of amides is 4. The van der Waals surface area contributed by atoms with E-state index in [1.54, 1.807) is 0 Å². The summed E-state index contributed by atoms with van der Waals surface area (Å²) in [5, 5.41) is 10.6. The van der Waals surface area contributed by atoms with Crippen molar-refractivity contribution in [2.75, 3.05) is 18.4 Å². The first-order chi connectivity index (χ1) is 16.9. The molecule has 0 aliphatic carbocycles. The maximum atomic E-state index is 13.1. The van der Waals surface area contributed by atoms with Gasteiger partial charge in [-0.15, -0.1) is 0 Å². The molecule has 1 aliphatic heterocycles. The number of benzene rings is 3. The van der Waals surface area contributed by atoms with Crippen LogP contribution in [0.25, 0.3) is 10.8 Å². The van der Waals surface area contributed by atoms with Crippen LogP contribution in [0.5, 0.6) is 0 Å². The van der Waals surface area contributed by atoms with Gasteiger partial charge >= 0.3 is 6.03 Å². The maximum absolute atomic E-state index is 13.1. The zero-order valence-electron chi connectivity index (χ0n) is 20.2. The number of fused-ring (bicyclic) bond motifs is 1. The van der Waals surface area contributed by atoms with Gasteiger partial charge in [-0.3, -0.25) is 9.59 Å². The highest BCUT2D eigenvalue weighted by Gasteiger charge is 2.28. The number of nitrogens with zero attached hydrogens (tertiary/aromatic N) is 1. The standard InChI is InChI=1S/C28H32N4O3/c1-19(2)30-28(35)31-23-12-10-20(11-13-23)18-29-26(33)22-14-16-32(17-15-22)27(34)25-9-5-7-21-6-3-4-8-24(21)25/h3-13,19,22H,14-18H2,1-2H3,(H,29,33)(H2,30,31,35). The zero-order chi connectivity index (χ0) is 24.8. The molecule has 0 atom stereocenters. The summed E-state index contributed by atoms with van der Waals surface area (Å²) < 4.78 is 0. The molecule has 3 aromatic carbocycles. The van der Waals surface area contributed by atoms with Crippen molar-refractivity contribution in [1.29, 1.82) is 0 Å². The molecule has 4 rings (SSSR count). The topological polar surface area (TPSA) is 90.5 Å². The largest absolute Gasteiger partial charge is 0.352 e. The van der Waals surface area contributed by atoms with Crippen molar-refractivity contribution in [3.05, 3.63) is 77.9 Å². The summed E-state index contributed by atoms with van der Waals surface area (Å²) in [5.74, 6) is -0.0653. The highest BCUT2D eigenvalue weighted by atomic mass is 16.2. The molecule has 0 radical (unpaired) electrons. The lowest BCUT2D eigenvalue weighted by Crippen LogP contribution is -2.43. The molecule has 7 heteroatoms. The molecule has 182 valence electrons. The number of rotatable bonds is 6. The number of nitrogens with one attached hydrogen (secondary N) is 3. The first-order valence-electron chi connectivity index (χ1n) is 12.1. The molecular formula is C28H32N4O3. The van der Waals surface area contributed by atoms with Crippen molar-refractivity contribution < 1.29 is 14.4 Å². The predicted molar refractivity (Wildman–Crippen MR) is 138 cm³/mol. The van der Waals surface area contributed by atoms with Crippen molar-refractivity contribution in [2.45, 2.75) is 39.3 Å². The van der Waals surface area contributed by atoms with Crippen LogP contribution in [0, 0.1) is 5.92 Å². The van der Waals surface area contributed by atoms with Crippen LogP contribution in [0.4, 0.5) is 10.5 Å². The number of urea groups is 1. The van der Waals surface area contributed by atoms with E-state index in [9.17, 15) is 14.4 Å². The first-order valence-corrected chi connectivity index (χ1v) is 12.1. The highest BCUT2D eigenvalue weighted by molar-refractivity contribution is 6.07. The van der Waals surface area contributed by atoms with E-state index in [0.29, 0.717) is 43.7 Å². The number of hydrogen-bond acceptors (Lipinski definition) is 3. The van der Waals surface area contributed by atoms with E-state index in [1.165, 1.54) is 0 Å². The van der Waals surface area contributed by atoms with E-state index < -0.39 is 0 Å². The van der Waals surface area contributed by atoms with Gasteiger partial charge in [-0.1, -0.05) is 48.5 Å². The summed E-state index contributed by atoms with van der Waals surface area (Å²) >= 11 is 0. The zero-order valence-corrected chi connectivity index (χ0v) is 20.2. The predicted octanol–water partition coefficient (Wildman–Crippen LogP) is 4.54. The fourth-order valence-electron chi connectivity index (χ4n) is 4.40. The summed E-state index contributed by atoms with van der Waals surface area (Å²) in [6.07, 6.45) is 1.30. The molecule has 0 aromatic heterocycles. The number of piperidine rings is 1. The monoisotopic (exact) mass is 472 g/mol. The number of anilines is 1. The average Bonchev–Trinajstić information content (AvgIpc) is 2.87. The summed E-state index contributed by atoms with van der Waals surface area (Å²) in [6.45, 7) is 5.36. The first kappa shape index (κ1) is 24.3. The van der Waals surface area contributed by atoms with Gasteiger partial charge < -0.3 is 20.9 Å². The molecular weight excluding hydrogens is 440 g/mol. The Bertz CT molecular complexity index is 1190. The van der Waals surface area contributed by atoms with E-state index in [-0.39, 0.29) is 29.8 Å². The van der Waals surface area contributed by atoms with Crippen LogP contribution >= 0.6 is 0 Å². The van der Waals surface area contributed by atoms with Crippen molar-refractivity contribution >= 4 is 34.3 Å². The third kappa shape index (κ3) is 6.18. The molecule has 0 unspecified atom stereocenters. The minimum absolute atomic E-state index is 0.0146. The summed E-state index contributed by atoms with van der Waals surface area (Å²) in [5.41, 5.74) is 2.36. The highest BCUT2D eigenvalue weighted by Crippen LogP contribution is 2.24. The summed E-state index contributed by atoms with van der Waals surface area (Å²) in [4.78, 5) is 39.5. The van der Waals surface area contributed by atoms with Gasteiger partial charge in [0.1, 0.15) is 0 Å². The van der Waals surface area contributed by atoms with Crippen LogP contribution in [0.2, 0.25) is 0 Å². The molecule has 0 saturated carbocycles. The van der Waals surface area contributed by atoms with Crippen LogP contribution in [-0.4, -0.2) is 41.9 Å². The third-order valence-corrected chi connectivity index (χ3v) is 6.27. The van der Waals surface area contributed by atoms with Crippen molar-refractivity contribution in [3.63, 3.8) is 0 Å². The Morgan fingerprint density at radius 2 is 1.60 bits per heavy atom. The lowest BCUT2D eigenvalue weighted by molar-refractivity contribution is -0.126. The van der Waals surface area contributed by atoms with Crippen LogP contribution < -0.4 is 16.0 Å².